The molecule has 0 bridgehead atoms. The topological polar surface area (TPSA) is 123 Å². The molecule has 0 spiro atoms. The zero-order chi connectivity index (χ0) is 24.7. The highest BCUT2D eigenvalue weighted by molar-refractivity contribution is 7.89. The summed E-state index contributed by atoms with van der Waals surface area (Å²) in [7, 11) is -0.777. The summed E-state index contributed by atoms with van der Waals surface area (Å²) in [6, 6.07) is 11.1. The van der Waals surface area contributed by atoms with E-state index in [9.17, 15) is 18.0 Å². The van der Waals surface area contributed by atoms with Gasteiger partial charge in [-0.15, -0.1) is 0 Å². The number of amides is 2. The first-order valence-corrected chi connectivity index (χ1v) is 12.2. The molecule has 2 N–H and O–H groups in total. The van der Waals surface area contributed by atoms with Gasteiger partial charge in [-0.2, -0.15) is 4.31 Å². The van der Waals surface area contributed by atoms with Gasteiger partial charge >= 0.3 is 11.8 Å². The molecule has 1 heterocycles. The summed E-state index contributed by atoms with van der Waals surface area (Å²) < 4.78 is 42.8. The molecule has 34 heavy (non-hydrogen) atoms. The fourth-order valence-electron chi connectivity index (χ4n) is 3.38. The quantitative estimate of drug-likeness (QED) is 0.484. The van der Waals surface area contributed by atoms with Crippen LogP contribution in [-0.2, 0) is 30.8 Å². The molecule has 0 aromatic heterocycles. The van der Waals surface area contributed by atoms with Crippen LogP contribution in [0.2, 0.25) is 5.02 Å². The first-order chi connectivity index (χ1) is 16.3. The monoisotopic (exact) mass is 511 g/mol. The number of nitrogens with zero attached hydrogens (tertiary/aromatic N) is 1. The number of carbonyl (C=O) groups is 2. The lowest BCUT2D eigenvalue weighted by Gasteiger charge is -2.22. The van der Waals surface area contributed by atoms with Crippen LogP contribution >= 0.6 is 11.6 Å². The molecule has 184 valence electrons. The van der Waals surface area contributed by atoms with Crippen molar-refractivity contribution in [3.63, 3.8) is 0 Å². The van der Waals surface area contributed by atoms with Gasteiger partial charge in [-0.3, -0.25) is 9.59 Å². The lowest BCUT2D eigenvalue weighted by atomic mass is 10.1. The molecule has 12 heteroatoms. The van der Waals surface area contributed by atoms with E-state index in [-0.39, 0.29) is 31.1 Å². The van der Waals surface area contributed by atoms with E-state index < -0.39 is 28.1 Å². The molecule has 0 saturated carbocycles. The average molecular weight is 512 g/mol. The first kappa shape index (κ1) is 25.8. The fourth-order valence-corrected chi connectivity index (χ4v) is 5.02. The fraction of sp³-hybridized carbons (Fsp3) is 0.364. The summed E-state index contributed by atoms with van der Waals surface area (Å²) >= 11 is 5.83. The molecule has 2 amide bonds. The number of carbonyl (C=O) groups excluding carboxylic acids is 2. The van der Waals surface area contributed by atoms with Crippen LogP contribution < -0.4 is 20.1 Å². The summed E-state index contributed by atoms with van der Waals surface area (Å²) in [6.07, 6.45) is -0.456. The third-order valence-corrected chi connectivity index (χ3v) is 7.31. The number of nitrogens with one attached hydrogen (secondary N) is 2. The molecule has 1 saturated heterocycles. The molecule has 0 radical (unpaired) electrons. The van der Waals surface area contributed by atoms with Crippen LogP contribution in [0.5, 0.6) is 11.5 Å². The van der Waals surface area contributed by atoms with Crippen LogP contribution in [0.1, 0.15) is 5.56 Å². The van der Waals surface area contributed by atoms with E-state index >= 15 is 0 Å². The third-order valence-electron chi connectivity index (χ3n) is 5.15. The van der Waals surface area contributed by atoms with Crippen LogP contribution in [0.3, 0.4) is 0 Å². The van der Waals surface area contributed by atoms with E-state index in [1.165, 1.54) is 31.4 Å². The number of hydrogen-bond donors (Lipinski definition) is 2. The number of halogens is 1. The molecule has 3 rings (SSSR count). The Morgan fingerprint density at radius 2 is 1.74 bits per heavy atom. The number of rotatable bonds is 9. The van der Waals surface area contributed by atoms with Gasteiger partial charge in [0, 0.05) is 18.1 Å². The van der Waals surface area contributed by atoms with Crippen molar-refractivity contribution in [2.45, 2.75) is 17.5 Å². The Balaban J connectivity index is 1.49. The number of benzene rings is 2. The van der Waals surface area contributed by atoms with Crippen LogP contribution in [0.4, 0.5) is 0 Å². The Hall–Kier alpha value is -2.86. The van der Waals surface area contributed by atoms with Gasteiger partial charge in [0.05, 0.1) is 32.3 Å². The molecule has 0 unspecified atom stereocenters. The minimum absolute atomic E-state index is 0.0617. The molecule has 1 fully saturated rings. The zero-order valence-electron chi connectivity index (χ0n) is 18.7. The Morgan fingerprint density at radius 3 is 2.41 bits per heavy atom. The Labute approximate surface area is 203 Å². The van der Waals surface area contributed by atoms with Gasteiger partial charge in [0.15, 0.2) is 11.5 Å². The SMILES string of the molecule is COc1ccc(CCNC(=O)C(=O)NC[C@H]2OCCN2S(=O)(=O)c2ccc(Cl)cc2)cc1OC. The predicted molar refractivity (Wildman–Crippen MR) is 124 cm³/mol. The van der Waals surface area contributed by atoms with E-state index in [2.05, 4.69) is 10.6 Å². The van der Waals surface area contributed by atoms with E-state index in [4.69, 9.17) is 25.8 Å². The molecule has 1 aliphatic rings. The second kappa shape index (κ2) is 11.5. The summed E-state index contributed by atoms with van der Waals surface area (Å²) in [5, 5.41) is 5.38. The Kier molecular flexibility index (Phi) is 8.72. The van der Waals surface area contributed by atoms with Crippen LogP contribution in [0.15, 0.2) is 47.4 Å². The van der Waals surface area contributed by atoms with Gasteiger partial charge < -0.3 is 24.8 Å². The minimum Gasteiger partial charge on any atom is -0.493 e. The van der Waals surface area contributed by atoms with Crippen molar-refractivity contribution in [2.24, 2.45) is 0 Å². The van der Waals surface area contributed by atoms with Crippen LogP contribution in [0.25, 0.3) is 0 Å². The summed E-state index contributed by atoms with van der Waals surface area (Å²) in [4.78, 5) is 24.4. The Morgan fingerprint density at radius 1 is 1.06 bits per heavy atom. The van der Waals surface area contributed by atoms with Gasteiger partial charge in [0.25, 0.3) is 0 Å². The molecule has 0 aliphatic carbocycles. The molecule has 1 atom stereocenters. The maximum Gasteiger partial charge on any atom is 0.309 e. The predicted octanol–water partition coefficient (Wildman–Crippen LogP) is 1.18. The van der Waals surface area contributed by atoms with E-state index in [0.29, 0.717) is 22.9 Å². The smallest absolute Gasteiger partial charge is 0.309 e. The second-order valence-electron chi connectivity index (χ2n) is 7.30. The van der Waals surface area contributed by atoms with Crippen molar-refractivity contribution in [3.8, 4) is 11.5 Å². The van der Waals surface area contributed by atoms with Crippen molar-refractivity contribution in [2.75, 3.05) is 40.5 Å². The Bertz CT molecular complexity index is 1130. The lowest BCUT2D eigenvalue weighted by Crippen LogP contribution is -2.47. The highest BCUT2D eigenvalue weighted by atomic mass is 35.5. The molecule has 10 nitrogen and oxygen atoms in total. The first-order valence-electron chi connectivity index (χ1n) is 10.4. The van der Waals surface area contributed by atoms with Gasteiger partial charge in [-0.05, 0) is 48.4 Å². The molecule has 1 aliphatic heterocycles. The van der Waals surface area contributed by atoms with Crippen molar-refractivity contribution in [3.05, 3.63) is 53.1 Å². The van der Waals surface area contributed by atoms with Crippen molar-refractivity contribution < 1.29 is 32.2 Å². The van der Waals surface area contributed by atoms with Crippen LogP contribution in [-0.4, -0.2) is 71.2 Å². The van der Waals surface area contributed by atoms with Crippen LogP contribution in [0, 0.1) is 0 Å². The molecule has 2 aromatic carbocycles. The van der Waals surface area contributed by atoms with Crippen molar-refractivity contribution >= 4 is 33.4 Å². The molecule has 2 aromatic rings. The minimum atomic E-state index is -3.85. The van der Waals surface area contributed by atoms with Crippen molar-refractivity contribution in [1.29, 1.82) is 0 Å². The van der Waals surface area contributed by atoms with Gasteiger partial charge in [0.2, 0.25) is 10.0 Å². The number of sulfonamides is 1. The summed E-state index contributed by atoms with van der Waals surface area (Å²) in [6.45, 7) is 0.349. The van der Waals surface area contributed by atoms with Gasteiger partial charge in [-0.1, -0.05) is 17.7 Å². The maximum atomic E-state index is 12.9. The molecular formula is C22H26ClN3O7S. The standard InChI is InChI=1S/C22H26ClN3O7S/c1-31-18-8-3-15(13-19(18)32-2)9-10-24-21(27)22(28)25-14-20-26(11-12-33-20)34(29,30)17-6-4-16(23)5-7-17/h3-8,13,20H,9-12,14H2,1-2H3,(H,24,27)(H,25,28)/t20-/m1/s1. The molecular weight excluding hydrogens is 486 g/mol. The van der Waals surface area contributed by atoms with Gasteiger partial charge in [0.1, 0.15) is 6.23 Å². The number of ether oxygens (including phenoxy) is 3. The lowest BCUT2D eigenvalue weighted by molar-refractivity contribution is -0.139. The number of methoxy groups -OCH3 is 2. The highest BCUT2D eigenvalue weighted by Gasteiger charge is 2.36. The third kappa shape index (κ3) is 6.17. The normalized spacial score (nSPS) is 16.1. The average Bonchev–Trinajstić information content (AvgIpc) is 3.32. The highest BCUT2D eigenvalue weighted by Crippen LogP contribution is 2.27. The van der Waals surface area contributed by atoms with Gasteiger partial charge in [-0.25, -0.2) is 8.42 Å². The summed E-state index contributed by atoms with van der Waals surface area (Å²) in [5.74, 6) is -0.549. The van der Waals surface area contributed by atoms with Crippen molar-refractivity contribution in [1.82, 2.24) is 14.9 Å². The zero-order valence-corrected chi connectivity index (χ0v) is 20.3. The number of hydrogen-bond acceptors (Lipinski definition) is 7. The second-order valence-corrected chi connectivity index (χ2v) is 9.63. The maximum absolute atomic E-state index is 12.9. The largest absolute Gasteiger partial charge is 0.493 e. The van der Waals surface area contributed by atoms with E-state index in [1.54, 1.807) is 19.2 Å². The van der Waals surface area contributed by atoms with E-state index in [1.807, 2.05) is 6.07 Å². The summed E-state index contributed by atoms with van der Waals surface area (Å²) in [5.41, 5.74) is 0.890. The van der Waals surface area contributed by atoms with E-state index in [0.717, 1.165) is 9.87 Å².